The average Bonchev–Trinajstić information content (AvgIpc) is 2.17. The number of hydrogen-bond acceptors (Lipinski definition) is 2. The number of carbonyl (C=O) groups is 1. The van der Waals surface area contributed by atoms with Crippen molar-refractivity contribution in [3.8, 4) is 0 Å². The third kappa shape index (κ3) is 1.87. The molecule has 14 heavy (non-hydrogen) atoms. The Morgan fingerprint density at radius 2 is 2.21 bits per heavy atom. The Bertz CT molecular complexity index is 357. The zero-order valence-electron chi connectivity index (χ0n) is 6.81. The summed E-state index contributed by atoms with van der Waals surface area (Å²) >= 11 is 5.32. The molecule has 0 bridgehead atoms. The normalized spacial score (nSPS) is 10.6. The Balaban J connectivity index is 3.43. The lowest BCUT2D eigenvalue weighted by Crippen LogP contribution is -2.04. The van der Waals surface area contributed by atoms with E-state index in [0.717, 1.165) is 0 Å². The second-order valence-corrected chi connectivity index (χ2v) is 2.70. The molecule has 0 aliphatic rings. The van der Waals surface area contributed by atoms with Crippen LogP contribution in [0.3, 0.4) is 0 Å². The van der Waals surface area contributed by atoms with E-state index in [1.807, 2.05) is 0 Å². The van der Waals surface area contributed by atoms with E-state index in [2.05, 4.69) is 4.98 Å². The van der Waals surface area contributed by atoms with Crippen LogP contribution in [0, 0.1) is 5.82 Å². The van der Waals surface area contributed by atoms with E-state index in [1.165, 1.54) is 0 Å². The van der Waals surface area contributed by atoms with Gasteiger partial charge in [0, 0.05) is 0 Å². The number of carbonyl (C=O) groups excluding carboxylic acids is 1. The van der Waals surface area contributed by atoms with Gasteiger partial charge >= 0.3 is 0 Å². The van der Waals surface area contributed by atoms with Gasteiger partial charge in [-0.3, -0.25) is 9.78 Å². The number of alkyl halides is 3. The van der Waals surface area contributed by atoms with Gasteiger partial charge in [-0.2, -0.15) is 0 Å². The molecule has 0 saturated heterocycles. The molecule has 0 atom stereocenters. The lowest BCUT2D eigenvalue weighted by atomic mass is 10.1. The molecule has 0 saturated carbocycles. The van der Waals surface area contributed by atoms with Gasteiger partial charge in [0.05, 0.1) is 28.9 Å². The third-order valence-corrected chi connectivity index (χ3v) is 1.91. The molecule has 1 aromatic heterocycles. The van der Waals surface area contributed by atoms with Gasteiger partial charge < -0.3 is 0 Å². The maximum absolute atomic E-state index is 12.9. The molecule has 0 spiro atoms. The molecule has 6 heteroatoms. The molecule has 1 rings (SSSR count). The van der Waals surface area contributed by atoms with E-state index < -0.39 is 23.4 Å². The summed E-state index contributed by atoms with van der Waals surface area (Å²) in [6.07, 6.45) is -2.23. The van der Waals surface area contributed by atoms with Crippen molar-refractivity contribution in [1.29, 1.82) is 0 Å². The van der Waals surface area contributed by atoms with Crippen molar-refractivity contribution in [1.82, 2.24) is 4.98 Å². The van der Waals surface area contributed by atoms with Crippen LogP contribution in [0.25, 0.3) is 0 Å². The molecule has 0 radical (unpaired) electrons. The molecule has 0 amide bonds. The summed E-state index contributed by atoms with van der Waals surface area (Å²) in [4.78, 5) is 13.8. The van der Waals surface area contributed by atoms with Crippen LogP contribution in [0.1, 0.15) is 28.0 Å². The van der Waals surface area contributed by atoms with E-state index >= 15 is 0 Å². The summed E-state index contributed by atoms with van der Waals surface area (Å²) in [5.74, 6) is -1.36. The first-order valence-corrected chi connectivity index (χ1v) is 4.11. The smallest absolute Gasteiger partial charge is 0.266 e. The van der Waals surface area contributed by atoms with Crippen LogP contribution in [0.15, 0.2) is 6.20 Å². The number of aromatic nitrogens is 1. The SMILES string of the molecule is O=Cc1c(F)cnc(CCl)c1C(F)F. The molecule has 0 aliphatic heterocycles. The van der Waals surface area contributed by atoms with Crippen LogP contribution in [0.4, 0.5) is 13.2 Å². The molecule has 1 aromatic rings. The Morgan fingerprint density at radius 1 is 1.57 bits per heavy atom. The summed E-state index contributed by atoms with van der Waals surface area (Å²) < 4.78 is 37.7. The van der Waals surface area contributed by atoms with Crippen LogP contribution < -0.4 is 0 Å². The Kier molecular flexibility index (Phi) is 3.46. The van der Waals surface area contributed by atoms with Gasteiger partial charge in [-0.05, 0) is 0 Å². The highest BCUT2D eigenvalue weighted by Gasteiger charge is 2.21. The maximum Gasteiger partial charge on any atom is 0.266 e. The summed E-state index contributed by atoms with van der Waals surface area (Å²) in [6, 6.07) is 0. The first-order valence-electron chi connectivity index (χ1n) is 3.58. The highest BCUT2D eigenvalue weighted by Crippen LogP contribution is 2.27. The fourth-order valence-electron chi connectivity index (χ4n) is 1.03. The molecule has 0 aromatic carbocycles. The van der Waals surface area contributed by atoms with Crippen LogP contribution in [0.5, 0.6) is 0 Å². The fourth-order valence-corrected chi connectivity index (χ4v) is 1.24. The minimum atomic E-state index is -2.97. The van der Waals surface area contributed by atoms with Gasteiger partial charge in [0.2, 0.25) is 0 Å². The van der Waals surface area contributed by atoms with Crippen molar-refractivity contribution in [2.45, 2.75) is 12.3 Å². The molecular weight excluding hydrogens is 219 g/mol. The summed E-state index contributed by atoms with van der Waals surface area (Å²) in [6.45, 7) is 0. The van der Waals surface area contributed by atoms with E-state index in [9.17, 15) is 18.0 Å². The second-order valence-electron chi connectivity index (χ2n) is 2.43. The minimum absolute atomic E-state index is 0.0363. The van der Waals surface area contributed by atoms with Crippen molar-refractivity contribution in [3.05, 3.63) is 28.8 Å². The predicted molar refractivity (Wildman–Crippen MR) is 44.1 cm³/mol. The first-order chi connectivity index (χ1) is 6.61. The summed E-state index contributed by atoms with van der Waals surface area (Å²) in [5, 5.41) is 0. The highest BCUT2D eigenvalue weighted by atomic mass is 35.5. The Labute approximate surface area is 82.7 Å². The molecule has 1 heterocycles. The second kappa shape index (κ2) is 4.41. The lowest BCUT2D eigenvalue weighted by Gasteiger charge is -2.08. The van der Waals surface area contributed by atoms with Gasteiger partial charge in [0.25, 0.3) is 6.43 Å². The largest absolute Gasteiger partial charge is 0.298 e. The van der Waals surface area contributed by atoms with Crippen molar-refractivity contribution in [2.24, 2.45) is 0 Å². The fraction of sp³-hybridized carbons (Fsp3) is 0.250. The molecule has 0 unspecified atom stereocenters. The van der Waals surface area contributed by atoms with E-state index in [1.54, 1.807) is 0 Å². The van der Waals surface area contributed by atoms with Crippen molar-refractivity contribution < 1.29 is 18.0 Å². The van der Waals surface area contributed by atoms with Crippen molar-refractivity contribution >= 4 is 17.9 Å². The van der Waals surface area contributed by atoms with Gasteiger partial charge in [-0.15, -0.1) is 11.6 Å². The van der Waals surface area contributed by atoms with Crippen LogP contribution in [0.2, 0.25) is 0 Å². The van der Waals surface area contributed by atoms with Gasteiger partial charge in [0.15, 0.2) is 12.1 Å². The number of hydrogen-bond donors (Lipinski definition) is 0. The van der Waals surface area contributed by atoms with E-state index in [4.69, 9.17) is 11.6 Å². The molecule has 0 aliphatic carbocycles. The molecule has 0 N–H and O–H groups in total. The van der Waals surface area contributed by atoms with Gasteiger partial charge in [0.1, 0.15) is 0 Å². The molecular formula is C8H5ClF3NO. The van der Waals surface area contributed by atoms with Gasteiger partial charge in [-0.1, -0.05) is 0 Å². The zero-order valence-corrected chi connectivity index (χ0v) is 7.56. The molecule has 2 nitrogen and oxygen atoms in total. The highest BCUT2D eigenvalue weighted by molar-refractivity contribution is 6.17. The number of pyridine rings is 1. The van der Waals surface area contributed by atoms with Crippen LogP contribution in [-0.2, 0) is 5.88 Å². The topological polar surface area (TPSA) is 30.0 Å². The first kappa shape index (κ1) is 11.0. The summed E-state index contributed by atoms with van der Waals surface area (Å²) in [5.41, 5.74) is -1.58. The van der Waals surface area contributed by atoms with Crippen molar-refractivity contribution in [3.63, 3.8) is 0 Å². The summed E-state index contributed by atoms with van der Waals surface area (Å²) in [7, 11) is 0. The Hall–Kier alpha value is -1.10. The standard InChI is InChI=1S/C8H5ClF3NO/c9-1-6-7(8(11)12)4(3-14)5(10)2-13-6/h2-3,8H,1H2. The quantitative estimate of drug-likeness (QED) is 0.583. The average molecular weight is 224 g/mol. The van der Waals surface area contributed by atoms with Crippen LogP contribution in [-0.4, -0.2) is 11.3 Å². The third-order valence-electron chi connectivity index (χ3n) is 1.65. The van der Waals surface area contributed by atoms with E-state index in [-0.39, 0.29) is 17.9 Å². The van der Waals surface area contributed by atoms with Crippen LogP contribution >= 0.6 is 11.6 Å². The number of rotatable bonds is 3. The van der Waals surface area contributed by atoms with E-state index in [0.29, 0.717) is 6.20 Å². The maximum atomic E-state index is 12.9. The Morgan fingerprint density at radius 3 is 2.64 bits per heavy atom. The number of halogens is 4. The molecule has 0 fully saturated rings. The number of aldehydes is 1. The zero-order chi connectivity index (χ0) is 10.7. The van der Waals surface area contributed by atoms with Gasteiger partial charge in [-0.25, -0.2) is 13.2 Å². The minimum Gasteiger partial charge on any atom is -0.298 e. The monoisotopic (exact) mass is 223 g/mol. The van der Waals surface area contributed by atoms with Crippen molar-refractivity contribution in [2.75, 3.05) is 0 Å². The lowest BCUT2D eigenvalue weighted by molar-refractivity contribution is 0.110. The predicted octanol–water partition coefficient (Wildman–Crippen LogP) is 2.71. The number of nitrogens with zero attached hydrogens (tertiary/aromatic N) is 1. The molecule has 76 valence electrons.